The molecule has 0 aromatic heterocycles. The quantitative estimate of drug-likeness (QED) is 0.481. The fourth-order valence-corrected chi connectivity index (χ4v) is 4.11. The van der Waals surface area contributed by atoms with Crippen LogP contribution in [0, 0.1) is 6.92 Å². The summed E-state index contributed by atoms with van der Waals surface area (Å²) in [5.41, 5.74) is 7.66. The Balaban J connectivity index is 2.40. The van der Waals surface area contributed by atoms with Crippen LogP contribution < -0.4 is 10.5 Å². The molecule has 2 unspecified atom stereocenters. The predicted molar refractivity (Wildman–Crippen MR) is 94.4 cm³/mol. The number of ether oxygens (including phenoxy) is 3. The number of carbonyl (C=O) groups is 2. The Morgan fingerprint density at radius 2 is 2.15 bits per heavy atom. The van der Waals surface area contributed by atoms with E-state index in [1.807, 2.05) is 19.9 Å². The highest BCUT2D eigenvalue weighted by atomic mass is 16.5. The molecule has 2 atom stereocenters. The van der Waals surface area contributed by atoms with Crippen molar-refractivity contribution in [3.05, 3.63) is 33.9 Å². The number of hydrogen-bond donors (Lipinski definition) is 2. The predicted octanol–water partition coefficient (Wildman–Crippen LogP) is 2.33. The summed E-state index contributed by atoms with van der Waals surface area (Å²) >= 11 is 0. The molecule has 140 valence electrons. The van der Waals surface area contributed by atoms with Crippen molar-refractivity contribution in [2.45, 2.75) is 45.3 Å². The van der Waals surface area contributed by atoms with Gasteiger partial charge in [-0.25, -0.2) is 4.79 Å². The van der Waals surface area contributed by atoms with Gasteiger partial charge in [0, 0.05) is 17.7 Å². The third kappa shape index (κ3) is 2.23. The van der Waals surface area contributed by atoms with Crippen LogP contribution in [-0.4, -0.2) is 36.9 Å². The van der Waals surface area contributed by atoms with Crippen molar-refractivity contribution in [2.24, 2.45) is 0 Å². The number of carbonyl (C=O) groups excluding carboxylic acids is 1. The number of esters is 1. The molecule has 1 saturated heterocycles. The number of fused-ring (bicyclic) bond motifs is 1. The first-order chi connectivity index (χ1) is 12.3. The lowest BCUT2D eigenvalue weighted by molar-refractivity contribution is -0.145. The number of methoxy groups -OCH3 is 1. The second kappa shape index (κ2) is 6.32. The average molecular weight is 361 g/mol. The van der Waals surface area contributed by atoms with Crippen LogP contribution in [-0.2, 0) is 26.3 Å². The van der Waals surface area contributed by atoms with Crippen LogP contribution in [0.25, 0.3) is 0 Å². The van der Waals surface area contributed by atoms with Crippen molar-refractivity contribution in [3.63, 3.8) is 0 Å². The molecule has 0 saturated carbocycles. The van der Waals surface area contributed by atoms with Gasteiger partial charge in [-0.1, -0.05) is 6.08 Å². The number of aliphatic carboxylic acids is 1. The topological polar surface area (TPSA) is 108 Å². The molecule has 7 nitrogen and oxygen atoms in total. The number of carboxylic acids is 1. The maximum absolute atomic E-state index is 12.5. The lowest BCUT2D eigenvalue weighted by Crippen LogP contribution is -2.45. The molecule has 2 heterocycles. The van der Waals surface area contributed by atoms with Crippen LogP contribution in [0.2, 0.25) is 0 Å². The van der Waals surface area contributed by atoms with E-state index in [4.69, 9.17) is 19.9 Å². The van der Waals surface area contributed by atoms with Crippen LogP contribution in [0.3, 0.4) is 0 Å². The van der Waals surface area contributed by atoms with Crippen molar-refractivity contribution in [1.82, 2.24) is 0 Å². The molecule has 26 heavy (non-hydrogen) atoms. The molecule has 3 rings (SSSR count). The number of cyclic esters (lactones) is 1. The van der Waals surface area contributed by atoms with E-state index in [-0.39, 0.29) is 30.9 Å². The Hall–Kier alpha value is -2.54. The molecule has 7 heteroatoms. The zero-order valence-corrected chi connectivity index (χ0v) is 15.3. The van der Waals surface area contributed by atoms with E-state index in [1.165, 1.54) is 7.11 Å². The van der Waals surface area contributed by atoms with E-state index in [0.29, 0.717) is 22.4 Å². The molecule has 1 aromatic rings. The van der Waals surface area contributed by atoms with Crippen LogP contribution in [0.5, 0.6) is 5.75 Å². The van der Waals surface area contributed by atoms with Gasteiger partial charge in [-0.05, 0) is 38.3 Å². The fourth-order valence-electron chi connectivity index (χ4n) is 4.11. The minimum absolute atomic E-state index is 0.103. The number of nitrogen functional groups attached to an aromatic ring is 1. The van der Waals surface area contributed by atoms with Crippen molar-refractivity contribution in [1.29, 1.82) is 0 Å². The van der Waals surface area contributed by atoms with E-state index in [2.05, 4.69) is 0 Å². The van der Waals surface area contributed by atoms with Gasteiger partial charge in [0.05, 0.1) is 24.5 Å². The van der Waals surface area contributed by atoms with Crippen molar-refractivity contribution >= 4 is 17.6 Å². The first-order valence-electron chi connectivity index (χ1n) is 8.45. The van der Waals surface area contributed by atoms with E-state index < -0.39 is 23.5 Å². The maximum atomic E-state index is 12.5. The number of benzene rings is 1. The normalized spacial score (nSPS) is 25.2. The molecule has 0 amide bonds. The summed E-state index contributed by atoms with van der Waals surface area (Å²) in [4.78, 5) is 24.8. The van der Waals surface area contributed by atoms with Gasteiger partial charge in [-0.15, -0.1) is 0 Å². The molecule has 2 aliphatic heterocycles. The summed E-state index contributed by atoms with van der Waals surface area (Å²) in [5, 5.41) is 10.2. The molecule has 2 aliphatic rings. The first kappa shape index (κ1) is 18.3. The summed E-state index contributed by atoms with van der Waals surface area (Å²) in [5.74, 6) is -1.22. The molecule has 0 radical (unpaired) electrons. The highest BCUT2D eigenvalue weighted by molar-refractivity contribution is 6.02. The standard InChI is InChI=1S/C19H23NO6/c1-5-9(2)16-19(18(22)23,6-7-25-16)13-14(20)12-11(8-26-17(12)21)10(3)15(13)24-4/h5,16H,6-8,20H2,1-4H3,(H,22,23). The summed E-state index contributed by atoms with van der Waals surface area (Å²) in [6.45, 7) is 5.81. The highest BCUT2D eigenvalue weighted by Gasteiger charge is 2.56. The Morgan fingerprint density at radius 1 is 1.46 bits per heavy atom. The number of nitrogens with two attached hydrogens (primary N) is 1. The monoisotopic (exact) mass is 361 g/mol. The second-order valence-corrected chi connectivity index (χ2v) is 6.69. The van der Waals surface area contributed by atoms with Crippen LogP contribution in [0.1, 0.15) is 47.3 Å². The van der Waals surface area contributed by atoms with Crippen molar-refractivity contribution in [3.8, 4) is 5.75 Å². The molecule has 0 aliphatic carbocycles. The molecule has 1 fully saturated rings. The third-order valence-corrected chi connectivity index (χ3v) is 5.54. The fraction of sp³-hybridized carbons (Fsp3) is 0.474. The lowest BCUT2D eigenvalue weighted by atomic mass is 9.70. The average Bonchev–Trinajstić information content (AvgIpc) is 3.22. The molecule has 0 bridgehead atoms. The highest BCUT2D eigenvalue weighted by Crippen LogP contribution is 2.51. The van der Waals surface area contributed by atoms with Gasteiger partial charge in [0.1, 0.15) is 17.8 Å². The van der Waals surface area contributed by atoms with Gasteiger partial charge in [0.25, 0.3) is 0 Å². The van der Waals surface area contributed by atoms with Gasteiger partial charge >= 0.3 is 11.9 Å². The zero-order valence-electron chi connectivity index (χ0n) is 15.3. The summed E-state index contributed by atoms with van der Waals surface area (Å²) < 4.78 is 16.5. The second-order valence-electron chi connectivity index (χ2n) is 6.69. The van der Waals surface area contributed by atoms with E-state index >= 15 is 0 Å². The Kier molecular flexibility index (Phi) is 4.44. The summed E-state index contributed by atoms with van der Waals surface area (Å²) in [6.07, 6.45) is 1.35. The Bertz CT molecular complexity index is 828. The van der Waals surface area contributed by atoms with Gasteiger partial charge < -0.3 is 25.1 Å². The minimum Gasteiger partial charge on any atom is -0.496 e. The van der Waals surface area contributed by atoms with Gasteiger partial charge in [0.15, 0.2) is 0 Å². The van der Waals surface area contributed by atoms with Gasteiger partial charge in [-0.2, -0.15) is 0 Å². The Morgan fingerprint density at radius 3 is 2.73 bits per heavy atom. The van der Waals surface area contributed by atoms with E-state index in [1.54, 1.807) is 6.92 Å². The van der Waals surface area contributed by atoms with Crippen LogP contribution in [0.4, 0.5) is 5.69 Å². The Labute approximate surface area is 151 Å². The number of hydrogen-bond acceptors (Lipinski definition) is 6. The van der Waals surface area contributed by atoms with E-state index in [0.717, 1.165) is 5.57 Å². The number of rotatable bonds is 4. The molecular formula is C19H23NO6. The van der Waals surface area contributed by atoms with Crippen molar-refractivity contribution < 1.29 is 28.9 Å². The number of allylic oxidation sites excluding steroid dienone is 1. The lowest BCUT2D eigenvalue weighted by Gasteiger charge is -2.34. The molecule has 3 N–H and O–H groups in total. The molecule has 1 aromatic carbocycles. The third-order valence-electron chi connectivity index (χ3n) is 5.54. The SMILES string of the molecule is CC=C(C)C1OCCC1(C(=O)O)c1c(N)c2c(c(C)c1OC)COC2=O. The number of carboxylic acid groups (broad SMARTS) is 1. The molecular weight excluding hydrogens is 338 g/mol. The van der Waals surface area contributed by atoms with Crippen molar-refractivity contribution in [2.75, 3.05) is 19.5 Å². The maximum Gasteiger partial charge on any atom is 0.341 e. The van der Waals surface area contributed by atoms with Crippen LogP contribution in [0.15, 0.2) is 11.6 Å². The molecule has 0 spiro atoms. The smallest absolute Gasteiger partial charge is 0.341 e. The summed E-state index contributed by atoms with van der Waals surface area (Å²) in [6, 6.07) is 0. The van der Waals surface area contributed by atoms with Crippen LogP contribution >= 0.6 is 0 Å². The first-order valence-corrected chi connectivity index (χ1v) is 8.45. The number of anilines is 1. The van der Waals surface area contributed by atoms with Gasteiger partial charge in [-0.3, -0.25) is 4.79 Å². The zero-order chi connectivity index (χ0) is 19.2. The summed E-state index contributed by atoms with van der Waals surface area (Å²) in [7, 11) is 1.47. The minimum atomic E-state index is -1.44. The van der Waals surface area contributed by atoms with E-state index in [9.17, 15) is 14.7 Å². The largest absolute Gasteiger partial charge is 0.496 e. The van der Waals surface area contributed by atoms with Gasteiger partial charge in [0.2, 0.25) is 0 Å².